The average molecular weight is 377 g/mol. The minimum atomic E-state index is -0.00439. The number of amides is 1. The van der Waals surface area contributed by atoms with Gasteiger partial charge in [0.15, 0.2) is 0 Å². The van der Waals surface area contributed by atoms with Crippen molar-refractivity contribution < 1.29 is 9.53 Å². The summed E-state index contributed by atoms with van der Waals surface area (Å²) in [6.07, 6.45) is 0.729. The van der Waals surface area contributed by atoms with Crippen LogP contribution < -0.4 is 10.6 Å². The molecule has 0 saturated carbocycles. The molecule has 8 heteroatoms. The van der Waals surface area contributed by atoms with E-state index in [-0.39, 0.29) is 30.7 Å². The van der Waals surface area contributed by atoms with Gasteiger partial charge in [-0.1, -0.05) is 12.1 Å². The van der Waals surface area contributed by atoms with E-state index in [1.807, 2.05) is 18.2 Å². The second-order valence-corrected chi connectivity index (χ2v) is 5.03. The van der Waals surface area contributed by atoms with Crippen LogP contribution in [0.4, 0.5) is 0 Å². The monoisotopic (exact) mass is 376 g/mol. The number of carbonyl (C=O) groups excluding carboxylic acids is 1. The van der Waals surface area contributed by atoms with Crippen LogP contribution in [-0.4, -0.2) is 48.8 Å². The molecule has 1 amide bonds. The molecule has 0 unspecified atom stereocenters. The number of nitrogens with zero attached hydrogens (tertiary/aromatic N) is 2. The number of halogens is 2. The summed E-state index contributed by atoms with van der Waals surface area (Å²) in [4.78, 5) is 16.3. The number of aryl methyl sites for hydroxylation is 1. The van der Waals surface area contributed by atoms with Crippen LogP contribution in [-0.2, 0) is 22.5 Å². The van der Waals surface area contributed by atoms with E-state index in [0.29, 0.717) is 26.2 Å². The third kappa shape index (κ3) is 6.28. The molecule has 0 bridgehead atoms. The first-order valence-electron chi connectivity index (χ1n) is 7.66. The Hall–Kier alpha value is -1.34. The number of benzene rings is 1. The van der Waals surface area contributed by atoms with Crippen LogP contribution in [0.3, 0.4) is 0 Å². The third-order valence-electron chi connectivity index (χ3n) is 3.49. The van der Waals surface area contributed by atoms with Gasteiger partial charge in [-0.15, -0.1) is 24.8 Å². The lowest BCUT2D eigenvalue weighted by Crippen LogP contribution is -2.36. The summed E-state index contributed by atoms with van der Waals surface area (Å²) < 4.78 is 7.10. The number of ether oxygens (including phenoxy) is 1. The van der Waals surface area contributed by atoms with Crippen LogP contribution in [0.1, 0.15) is 12.7 Å². The molecule has 0 aliphatic carbocycles. The van der Waals surface area contributed by atoms with Crippen LogP contribution in [0.25, 0.3) is 11.0 Å². The molecule has 0 aliphatic rings. The van der Waals surface area contributed by atoms with Gasteiger partial charge in [0.1, 0.15) is 5.82 Å². The Morgan fingerprint density at radius 2 is 2.00 bits per heavy atom. The van der Waals surface area contributed by atoms with E-state index in [0.717, 1.165) is 29.8 Å². The molecule has 2 aromatic rings. The fourth-order valence-corrected chi connectivity index (χ4v) is 2.42. The summed E-state index contributed by atoms with van der Waals surface area (Å²) in [6, 6.07) is 8.11. The molecular formula is C16H26Cl2N4O2. The highest BCUT2D eigenvalue weighted by molar-refractivity contribution is 5.85. The highest BCUT2D eigenvalue weighted by Gasteiger charge is 2.09. The van der Waals surface area contributed by atoms with Crippen molar-refractivity contribution in [3.05, 3.63) is 30.1 Å². The first-order valence-corrected chi connectivity index (χ1v) is 7.66. The largest absolute Gasteiger partial charge is 0.383 e. The van der Waals surface area contributed by atoms with E-state index in [2.05, 4.69) is 33.2 Å². The Balaban J connectivity index is 0.00000264. The van der Waals surface area contributed by atoms with E-state index in [1.165, 1.54) is 0 Å². The van der Waals surface area contributed by atoms with Crippen molar-refractivity contribution in [3.8, 4) is 0 Å². The number of nitrogens with one attached hydrogen (secondary N) is 2. The van der Waals surface area contributed by atoms with Gasteiger partial charge in [-0.2, -0.15) is 0 Å². The maximum absolute atomic E-state index is 11.7. The zero-order chi connectivity index (χ0) is 15.8. The van der Waals surface area contributed by atoms with Gasteiger partial charge in [-0.3, -0.25) is 4.79 Å². The molecule has 0 radical (unpaired) electrons. The summed E-state index contributed by atoms with van der Waals surface area (Å²) >= 11 is 0. The predicted octanol–water partition coefficient (Wildman–Crippen LogP) is 1.79. The standard InChI is InChI=1S/C16H24N4O2.2ClH/c1-3-20-14-7-5-4-6-13(14)19-15(20)8-9-18-16(21)12-17-10-11-22-2;;/h4-7,17H,3,8-12H2,1-2H3,(H,18,21);2*1H. The molecule has 0 atom stereocenters. The van der Waals surface area contributed by atoms with Gasteiger partial charge in [0.25, 0.3) is 0 Å². The maximum atomic E-state index is 11.7. The predicted molar refractivity (Wildman–Crippen MR) is 101 cm³/mol. The van der Waals surface area contributed by atoms with Gasteiger partial charge in [-0.25, -0.2) is 4.98 Å². The minimum absolute atomic E-state index is 0. The molecular weight excluding hydrogens is 351 g/mol. The first kappa shape index (κ1) is 22.7. The number of para-hydroxylation sites is 2. The van der Waals surface area contributed by atoms with Gasteiger partial charge in [0, 0.05) is 33.2 Å². The van der Waals surface area contributed by atoms with Crippen molar-refractivity contribution in [2.75, 3.05) is 33.4 Å². The van der Waals surface area contributed by atoms with Crippen LogP contribution in [0.5, 0.6) is 0 Å². The van der Waals surface area contributed by atoms with Gasteiger partial charge in [0.2, 0.25) is 5.91 Å². The summed E-state index contributed by atoms with van der Waals surface area (Å²) in [5.74, 6) is 1.01. The quantitative estimate of drug-likeness (QED) is 0.654. The van der Waals surface area contributed by atoms with E-state index >= 15 is 0 Å². The van der Waals surface area contributed by atoms with Crippen molar-refractivity contribution >= 4 is 41.8 Å². The Morgan fingerprint density at radius 1 is 1.25 bits per heavy atom. The molecule has 0 spiro atoms. The number of methoxy groups -OCH3 is 1. The summed E-state index contributed by atoms with van der Waals surface area (Å²) in [6.45, 7) is 5.17. The molecule has 1 aromatic carbocycles. The van der Waals surface area contributed by atoms with Crippen molar-refractivity contribution in [2.45, 2.75) is 19.9 Å². The van der Waals surface area contributed by atoms with Gasteiger partial charge >= 0.3 is 0 Å². The van der Waals surface area contributed by atoms with Gasteiger partial charge in [-0.05, 0) is 19.1 Å². The third-order valence-corrected chi connectivity index (χ3v) is 3.49. The van der Waals surface area contributed by atoms with Gasteiger partial charge < -0.3 is 19.9 Å². The fraction of sp³-hybridized carbons (Fsp3) is 0.500. The number of aromatic nitrogens is 2. The molecule has 1 aromatic heterocycles. The minimum Gasteiger partial charge on any atom is -0.383 e. The smallest absolute Gasteiger partial charge is 0.233 e. The Labute approximate surface area is 155 Å². The highest BCUT2D eigenvalue weighted by atomic mass is 35.5. The summed E-state index contributed by atoms with van der Waals surface area (Å²) in [5.41, 5.74) is 2.15. The highest BCUT2D eigenvalue weighted by Crippen LogP contribution is 2.15. The lowest BCUT2D eigenvalue weighted by atomic mass is 10.3. The zero-order valence-electron chi connectivity index (χ0n) is 14.1. The van der Waals surface area contributed by atoms with Crippen molar-refractivity contribution in [2.24, 2.45) is 0 Å². The van der Waals surface area contributed by atoms with Gasteiger partial charge in [0.05, 0.1) is 24.2 Å². The first-order chi connectivity index (χ1) is 10.8. The summed E-state index contributed by atoms with van der Waals surface area (Å²) in [5, 5.41) is 5.93. The fourth-order valence-electron chi connectivity index (χ4n) is 2.42. The molecule has 0 saturated heterocycles. The van der Waals surface area contributed by atoms with E-state index in [1.54, 1.807) is 7.11 Å². The van der Waals surface area contributed by atoms with E-state index < -0.39 is 0 Å². The summed E-state index contributed by atoms with van der Waals surface area (Å²) in [7, 11) is 1.64. The normalized spacial score (nSPS) is 10.1. The second-order valence-electron chi connectivity index (χ2n) is 5.03. The number of rotatable bonds is 9. The lowest BCUT2D eigenvalue weighted by Gasteiger charge is -2.08. The number of carbonyl (C=O) groups is 1. The molecule has 2 rings (SSSR count). The number of fused-ring (bicyclic) bond motifs is 1. The van der Waals surface area contributed by atoms with Crippen LogP contribution >= 0.6 is 24.8 Å². The SMILES string of the molecule is CCn1c(CCNC(=O)CNCCOC)nc2ccccc21.Cl.Cl. The molecule has 6 nitrogen and oxygen atoms in total. The molecule has 24 heavy (non-hydrogen) atoms. The average Bonchev–Trinajstić information content (AvgIpc) is 2.89. The topological polar surface area (TPSA) is 68.2 Å². The number of hydrogen-bond donors (Lipinski definition) is 2. The van der Waals surface area contributed by atoms with E-state index in [4.69, 9.17) is 4.74 Å². The number of hydrogen-bond acceptors (Lipinski definition) is 4. The Morgan fingerprint density at radius 3 is 2.71 bits per heavy atom. The zero-order valence-corrected chi connectivity index (χ0v) is 15.7. The van der Waals surface area contributed by atoms with Crippen molar-refractivity contribution in [3.63, 3.8) is 0 Å². The van der Waals surface area contributed by atoms with Crippen molar-refractivity contribution in [1.29, 1.82) is 0 Å². The number of imidazole rings is 1. The molecule has 2 N–H and O–H groups in total. The molecule has 0 aliphatic heterocycles. The van der Waals surface area contributed by atoms with Crippen LogP contribution in [0.15, 0.2) is 24.3 Å². The second kappa shape index (κ2) is 12.1. The molecule has 0 fully saturated rings. The lowest BCUT2D eigenvalue weighted by molar-refractivity contribution is -0.120. The van der Waals surface area contributed by atoms with Crippen LogP contribution in [0, 0.1) is 0 Å². The van der Waals surface area contributed by atoms with E-state index in [9.17, 15) is 4.79 Å². The Kier molecular flexibility index (Phi) is 11.4. The van der Waals surface area contributed by atoms with Crippen LogP contribution in [0.2, 0.25) is 0 Å². The Bertz CT molecular complexity index is 619. The molecule has 136 valence electrons. The molecule has 1 heterocycles. The van der Waals surface area contributed by atoms with Crippen molar-refractivity contribution in [1.82, 2.24) is 20.2 Å². The maximum Gasteiger partial charge on any atom is 0.233 e.